The van der Waals surface area contributed by atoms with Crippen molar-refractivity contribution in [3.63, 3.8) is 0 Å². The molecule has 1 saturated heterocycles. The Labute approximate surface area is 392 Å². The van der Waals surface area contributed by atoms with E-state index in [2.05, 4.69) is 63.3 Å². The van der Waals surface area contributed by atoms with Crippen molar-refractivity contribution in [1.82, 2.24) is 0 Å². The maximum absolute atomic E-state index is 13.0. The zero-order chi connectivity index (χ0) is 47.6. The van der Waals surface area contributed by atoms with Gasteiger partial charge in [-0.1, -0.05) is 197 Å². The van der Waals surface area contributed by atoms with Crippen molar-refractivity contribution < 1.29 is 58.2 Å². The fourth-order valence-corrected chi connectivity index (χ4v) is 7.26. The lowest BCUT2D eigenvalue weighted by Crippen LogP contribution is -2.61. The number of ether oxygens (including phenoxy) is 5. The highest BCUT2D eigenvalue weighted by molar-refractivity contribution is 5.74. The van der Waals surface area contributed by atoms with Gasteiger partial charge in [-0.15, -0.1) is 0 Å². The SMILES string of the molecule is CC/C=C\C/C=C\C/C=C\C/C=C\C/C=C\CC(=O)OCC(COC1OC(C(=O)O)C(O)C(O)C1OC(=O)CCCCCCCCCCC)OC(=O)CCCCCCCCCCCCC. The molecule has 3 N–H and O–H groups in total. The van der Waals surface area contributed by atoms with E-state index >= 15 is 0 Å². The van der Waals surface area contributed by atoms with E-state index in [9.17, 15) is 34.5 Å². The molecule has 12 heteroatoms. The summed E-state index contributed by atoms with van der Waals surface area (Å²) < 4.78 is 28.1. The van der Waals surface area contributed by atoms with Crippen molar-refractivity contribution in [1.29, 1.82) is 0 Å². The van der Waals surface area contributed by atoms with Gasteiger partial charge in [-0.25, -0.2) is 4.79 Å². The number of hydrogen-bond acceptors (Lipinski definition) is 11. The second kappa shape index (κ2) is 41.8. The molecule has 0 spiro atoms. The van der Waals surface area contributed by atoms with E-state index in [1.165, 1.54) is 70.6 Å². The van der Waals surface area contributed by atoms with Crippen LogP contribution in [0.2, 0.25) is 0 Å². The van der Waals surface area contributed by atoms with Gasteiger partial charge in [0.25, 0.3) is 0 Å². The van der Waals surface area contributed by atoms with E-state index in [-0.39, 0.29) is 25.9 Å². The minimum Gasteiger partial charge on any atom is -0.479 e. The number of carboxylic acid groups (broad SMARTS) is 1. The normalized spacial score (nSPS) is 19.6. The first kappa shape index (κ1) is 59.4. The van der Waals surface area contributed by atoms with Gasteiger partial charge < -0.3 is 39.0 Å². The molecule has 0 aromatic heterocycles. The average Bonchev–Trinajstić information content (AvgIpc) is 3.29. The minimum atomic E-state index is -1.91. The number of rotatable bonds is 41. The smallest absolute Gasteiger partial charge is 0.335 e. The van der Waals surface area contributed by atoms with Gasteiger partial charge in [0.1, 0.15) is 18.8 Å². The highest BCUT2D eigenvalue weighted by atomic mass is 16.7. The summed E-state index contributed by atoms with van der Waals surface area (Å²) in [7, 11) is 0. The van der Waals surface area contributed by atoms with Gasteiger partial charge in [0.15, 0.2) is 24.6 Å². The summed E-state index contributed by atoms with van der Waals surface area (Å²) in [5.74, 6) is -3.28. The third kappa shape index (κ3) is 32.7. The van der Waals surface area contributed by atoms with Crippen LogP contribution in [-0.4, -0.2) is 89.2 Å². The van der Waals surface area contributed by atoms with Gasteiger partial charge in [-0.3, -0.25) is 14.4 Å². The molecule has 1 heterocycles. The van der Waals surface area contributed by atoms with E-state index in [1.807, 2.05) is 12.2 Å². The van der Waals surface area contributed by atoms with E-state index in [0.29, 0.717) is 19.3 Å². The van der Waals surface area contributed by atoms with E-state index in [4.69, 9.17) is 23.7 Å². The average molecular weight is 917 g/mol. The van der Waals surface area contributed by atoms with Crippen molar-refractivity contribution in [2.24, 2.45) is 0 Å². The number of allylic oxidation sites excluding steroid dienone is 9. The lowest BCUT2D eigenvalue weighted by atomic mass is 9.98. The van der Waals surface area contributed by atoms with Gasteiger partial charge in [0.05, 0.1) is 13.0 Å². The largest absolute Gasteiger partial charge is 0.479 e. The van der Waals surface area contributed by atoms with Crippen molar-refractivity contribution in [2.75, 3.05) is 13.2 Å². The summed E-state index contributed by atoms with van der Waals surface area (Å²) in [6, 6.07) is 0. The predicted octanol–water partition coefficient (Wildman–Crippen LogP) is 11.7. The van der Waals surface area contributed by atoms with Crippen LogP contribution in [0.1, 0.15) is 201 Å². The van der Waals surface area contributed by atoms with Gasteiger partial charge in [-0.2, -0.15) is 0 Å². The standard InChI is InChI=1S/C53H88O12/c1-4-7-10-13-16-19-21-22-23-24-26-28-30-33-36-39-45(54)61-42-44(63-46(55)40-37-34-32-29-25-20-17-14-11-8-5-2)43-62-53-51(49(58)48(57)50(65-53)52(59)60)64-47(56)41-38-35-31-27-18-15-12-9-6-3/h7,10,16,19,22-23,26,28,33,36,44,48-51,53,57-58H,4-6,8-9,11-15,17-18,20-21,24-25,27,29-32,34-35,37-43H2,1-3H3,(H,59,60)/b10-7-,19-16-,23-22-,28-26-,36-33-. The number of unbranched alkanes of at least 4 members (excludes halogenated alkanes) is 18. The molecule has 1 aliphatic rings. The van der Waals surface area contributed by atoms with E-state index in [1.54, 1.807) is 6.08 Å². The fraction of sp³-hybridized carbons (Fsp3) is 0.736. The maximum Gasteiger partial charge on any atom is 0.335 e. The summed E-state index contributed by atoms with van der Waals surface area (Å²) in [6.07, 6.45) is 36.9. The zero-order valence-electron chi connectivity index (χ0n) is 40.5. The molecule has 0 bridgehead atoms. The summed E-state index contributed by atoms with van der Waals surface area (Å²) in [5, 5.41) is 31.2. The molecule has 1 fully saturated rings. The first-order valence-corrected chi connectivity index (χ1v) is 25.3. The first-order valence-electron chi connectivity index (χ1n) is 25.3. The molecule has 12 nitrogen and oxygen atoms in total. The number of aliphatic hydroxyl groups excluding tert-OH is 2. The Morgan fingerprint density at radius 3 is 1.42 bits per heavy atom. The molecule has 0 radical (unpaired) electrons. The van der Waals surface area contributed by atoms with Crippen LogP contribution in [0, 0.1) is 0 Å². The van der Waals surface area contributed by atoms with Crippen molar-refractivity contribution in [3.05, 3.63) is 60.8 Å². The molecule has 1 rings (SSSR count). The maximum atomic E-state index is 13.0. The first-order chi connectivity index (χ1) is 31.6. The van der Waals surface area contributed by atoms with Crippen molar-refractivity contribution in [3.8, 4) is 0 Å². The number of hydrogen-bond donors (Lipinski definition) is 3. The number of carbonyl (C=O) groups is 4. The molecule has 6 atom stereocenters. The van der Waals surface area contributed by atoms with Crippen LogP contribution in [0.25, 0.3) is 0 Å². The second-order valence-electron chi connectivity index (χ2n) is 17.1. The molecule has 0 aromatic rings. The molecule has 372 valence electrons. The predicted molar refractivity (Wildman–Crippen MR) is 257 cm³/mol. The summed E-state index contributed by atoms with van der Waals surface area (Å²) in [6.45, 7) is 5.71. The summed E-state index contributed by atoms with van der Waals surface area (Å²) in [4.78, 5) is 50.6. The topological polar surface area (TPSA) is 175 Å². The quantitative estimate of drug-likeness (QED) is 0.0229. The second-order valence-corrected chi connectivity index (χ2v) is 17.1. The Morgan fingerprint density at radius 1 is 0.523 bits per heavy atom. The number of aliphatic carboxylic acids is 1. The summed E-state index contributed by atoms with van der Waals surface area (Å²) in [5.41, 5.74) is 0. The van der Waals surface area contributed by atoms with Crippen LogP contribution < -0.4 is 0 Å². The number of aliphatic hydroxyl groups is 2. The zero-order valence-corrected chi connectivity index (χ0v) is 40.5. The third-order valence-corrected chi connectivity index (χ3v) is 11.1. The van der Waals surface area contributed by atoms with E-state index in [0.717, 1.165) is 70.6 Å². The molecule has 1 aliphatic heterocycles. The van der Waals surface area contributed by atoms with Crippen LogP contribution in [0.5, 0.6) is 0 Å². The van der Waals surface area contributed by atoms with Crippen molar-refractivity contribution in [2.45, 2.75) is 237 Å². The molecule has 0 saturated carbocycles. The number of carboxylic acids is 1. The highest BCUT2D eigenvalue weighted by Crippen LogP contribution is 2.26. The molecular weight excluding hydrogens is 829 g/mol. The molecular formula is C53H88O12. The van der Waals surface area contributed by atoms with Crippen LogP contribution in [0.3, 0.4) is 0 Å². The Morgan fingerprint density at radius 2 is 0.954 bits per heavy atom. The summed E-state index contributed by atoms with van der Waals surface area (Å²) >= 11 is 0. The Kier molecular flexibility index (Phi) is 38.2. The number of esters is 3. The lowest BCUT2D eigenvalue weighted by molar-refractivity contribution is -0.301. The molecule has 0 aliphatic carbocycles. The number of carbonyl (C=O) groups excluding carboxylic acids is 3. The van der Waals surface area contributed by atoms with Crippen LogP contribution in [-0.2, 0) is 42.9 Å². The Balaban J connectivity index is 2.80. The Bertz CT molecular complexity index is 1370. The molecule has 0 aromatic carbocycles. The lowest BCUT2D eigenvalue weighted by Gasteiger charge is -2.40. The highest BCUT2D eigenvalue weighted by Gasteiger charge is 2.50. The van der Waals surface area contributed by atoms with Crippen LogP contribution >= 0.6 is 0 Å². The minimum absolute atomic E-state index is 0.0130. The van der Waals surface area contributed by atoms with Crippen molar-refractivity contribution >= 4 is 23.9 Å². The fourth-order valence-electron chi connectivity index (χ4n) is 7.26. The van der Waals surface area contributed by atoms with Crippen LogP contribution in [0.15, 0.2) is 60.8 Å². The van der Waals surface area contributed by atoms with Gasteiger partial charge in [0, 0.05) is 12.8 Å². The monoisotopic (exact) mass is 917 g/mol. The molecule has 65 heavy (non-hydrogen) atoms. The molecule has 0 amide bonds. The van der Waals surface area contributed by atoms with E-state index < -0.39 is 67.3 Å². The van der Waals surface area contributed by atoms with Gasteiger partial charge in [-0.05, 0) is 44.9 Å². The molecule has 6 unspecified atom stereocenters. The van der Waals surface area contributed by atoms with Gasteiger partial charge >= 0.3 is 23.9 Å². The van der Waals surface area contributed by atoms with Crippen LogP contribution in [0.4, 0.5) is 0 Å². The third-order valence-electron chi connectivity index (χ3n) is 11.1. The van der Waals surface area contributed by atoms with Gasteiger partial charge in [0.2, 0.25) is 0 Å². The Hall–Kier alpha value is -3.58.